The summed E-state index contributed by atoms with van der Waals surface area (Å²) >= 11 is 3.52. The molecule has 6 heteroatoms. The van der Waals surface area contributed by atoms with Gasteiger partial charge in [-0.15, -0.1) is 0 Å². The Labute approximate surface area is 153 Å². The quantitative estimate of drug-likeness (QED) is 0.693. The van der Waals surface area contributed by atoms with E-state index in [4.69, 9.17) is 4.74 Å². The summed E-state index contributed by atoms with van der Waals surface area (Å²) in [4.78, 5) is 17.3. The lowest BCUT2D eigenvalue weighted by Gasteiger charge is -2.27. The molecule has 2 rings (SSSR count). The van der Waals surface area contributed by atoms with Gasteiger partial charge in [0, 0.05) is 31.2 Å². The van der Waals surface area contributed by atoms with Crippen molar-refractivity contribution < 1.29 is 9.53 Å². The Morgan fingerprint density at radius 2 is 2.12 bits per heavy atom. The molecule has 1 heterocycles. The Morgan fingerprint density at radius 3 is 2.79 bits per heavy atom. The lowest BCUT2D eigenvalue weighted by molar-refractivity contribution is -0.126. The van der Waals surface area contributed by atoms with Crippen molar-refractivity contribution in [1.82, 2.24) is 15.1 Å². The second-order valence-corrected chi connectivity index (χ2v) is 7.20. The number of methoxy groups -OCH3 is 1. The molecule has 1 aromatic carbocycles. The number of hydrogen-bond acceptors (Lipinski definition) is 4. The highest BCUT2D eigenvalue weighted by atomic mass is 79.9. The number of carbonyl (C=O) groups excluding carboxylic acids is 1. The molecule has 1 aromatic rings. The van der Waals surface area contributed by atoms with Crippen LogP contribution in [0.4, 0.5) is 0 Å². The zero-order valence-corrected chi connectivity index (χ0v) is 16.2. The minimum absolute atomic E-state index is 0.0927. The van der Waals surface area contributed by atoms with Crippen LogP contribution in [0, 0.1) is 0 Å². The molecular formula is C18H28BrN3O2. The number of hydrogen-bond donors (Lipinski definition) is 1. The second-order valence-electron chi connectivity index (χ2n) is 6.29. The van der Waals surface area contributed by atoms with Crippen LogP contribution in [-0.2, 0) is 9.53 Å². The number of rotatable bonds is 9. The summed E-state index contributed by atoms with van der Waals surface area (Å²) in [5.41, 5.74) is 1.05. The molecule has 0 saturated carbocycles. The number of ether oxygens (including phenoxy) is 1. The maximum Gasteiger partial charge on any atom is 0.242 e. The predicted molar refractivity (Wildman–Crippen MR) is 100 cm³/mol. The van der Waals surface area contributed by atoms with E-state index in [1.165, 1.54) is 0 Å². The summed E-state index contributed by atoms with van der Waals surface area (Å²) in [6.45, 7) is 5.01. The third-order valence-corrected chi connectivity index (χ3v) is 4.88. The van der Waals surface area contributed by atoms with Crippen LogP contribution in [0.2, 0.25) is 0 Å². The Hall–Kier alpha value is -0.950. The van der Waals surface area contributed by atoms with Crippen LogP contribution >= 0.6 is 15.9 Å². The highest BCUT2D eigenvalue weighted by Gasteiger charge is 2.29. The molecule has 1 unspecified atom stereocenters. The maximum atomic E-state index is 12.8. The Morgan fingerprint density at radius 1 is 1.38 bits per heavy atom. The SMILES string of the molecule is COCCN(C)CCNC(=O)C(c1cccc(Br)c1)N1CCCC1. The van der Waals surface area contributed by atoms with Crippen LogP contribution in [0.5, 0.6) is 0 Å². The standard InChI is InChI=1S/C18H28BrN3O2/c1-21(12-13-24-2)11-8-20-18(23)17(22-9-3-4-10-22)15-6-5-7-16(19)14-15/h5-7,14,17H,3-4,8-13H2,1-2H3,(H,20,23). The first kappa shape index (κ1) is 19.4. The molecule has 1 saturated heterocycles. The molecular weight excluding hydrogens is 370 g/mol. The van der Waals surface area contributed by atoms with E-state index in [9.17, 15) is 4.79 Å². The fraction of sp³-hybridized carbons (Fsp3) is 0.611. The molecule has 1 N–H and O–H groups in total. The minimum atomic E-state index is -0.200. The average molecular weight is 398 g/mol. The van der Waals surface area contributed by atoms with Gasteiger partial charge in [-0.25, -0.2) is 0 Å². The molecule has 24 heavy (non-hydrogen) atoms. The van der Waals surface area contributed by atoms with Crippen molar-refractivity contribution in [1.29, 1.82) is 0 Å². The molecule has 1 amide bonds. The van der Waals surface area contributed by atoms with Crippen molar-refractivity contribution in [3.05, 3.63) is 34.3 Å². The maximum absolute atomic E-state index is 12.8. The summed E-state index contributed by atoms with van der Waals surface area (Å²) in [6, 6.07) is 7.88. The monoisotopic (exact) mass is 397 g/mol. The first-order valence-corrected chi connectivity index (χ1v) is 9.36. The molecule has 0 bridgehead atoms. The first-order valence-electron chi connectivity index (χ1n) is 8.56. The zero-order chi connectivity index (χ0) is 17.4. The van der Waals surface area contributed by atoms with E-state index in [1.54, 1.807) is 7.11 Å². The highest BCUT2D eigenvalue weighted by Crippen LogP contribution is 2.27. The fourth-order valence-electron chi connectivity index (χ4n) is 3.03. The van der Waals surface area contributed by atoms with Gasteiger partial charge in [-0.2, -0.15) is 0 Å². The third-order valence-electron chi connectivity index (χ3n) is 4.39. The van der Waals surface area contributed by atoms with Crippen LogP contribution in [-0.4, -0.2) is 69.2 Å². The van der Waals surface area contributed by atoms with Gasteiger partial charge in [0.05, 0.1) is 6.61 Å². The number of likely N-dealkylation sites (tertiary alicyclic amines) is 1. The van der Waals surface area contributed by atoms with Crippen LogP contribution < -0.4 is 5.32 Å². The van der Waals surface area contributed by atoms with Gasteiger partial charge in [-0.1, -0.05) is 28.1 Å². The topological polar surface area (TPSA) is 44.8 Å². The highest BCUT2D eigenvalue weighted by molar-refractivity contribution is 9.10. The van der Waals surface area contributed by atoms with E-state index in [0.717, 1.165) is 49.1 Å². The van der Waals surface area contributed by atoms with Crippen LogP contribution in [0.3, 0.4) is 0 Å². The number of likely N-dealkylation sites (N-methyl/N-ethyl adjacent to an activating group) is 1. The molecule has 0 spiro atoms. The second kappa shape index (κ2) is 10.1. The number of nitrogens with one attached hydrogen (secondary N) is 1. The van der Waals surface area contributed by atoms with Crippen molar-refractivity contribution in [2.75, 3.05) is 53.5 Å². The third kappa shape index (κ3) is 5.84. The number of halogens is 1. The molecule has 5 nitrogen and oxygen atoms in total. The van der Waals surface area contributed by atoms with Gasteiger partial charge < -0.3 is 15.0 Å². The first-order chi connectivity index (χ1) is 11.6. The normalized spacial score (nSPS) is 16.5. The summed E-state index contributed by atoms with van der Waals surface area (Å²) in [5, 5.41) is 3.11. The average Bonchev–Trinajstić information content (AvgIpc) is 3.07. The van der Waals surface area contributed by atoms with Crippen molar-refractivity contribution in [3.8, 4) is 0 Å². The molecule has 134 valence electrons. The van der Waals surface area contributed by atoms with Gasteiger partial charge >= 0.3 is 0 Å². The summed E-state index contributed by atoms with van der Waals surface area (Å²) in [6.07, 6.45) is 2.33. The number of nitrogens with zero attached hydrogens (tertiary/aromatic N) is 2. The molecule has 1 atom stereocenters. The van der Waals surface area contributed by atoms with Gasteiger partial charge in [0.1, 0.15) is 6.04 Å². The van der Waals surface area contributed by atoms with Crippen LogP contribution in [0.15, 0.2) is 28.7 Å². The minimum Gasteiger partial charge on any atom is -0.383 e. The van der Waals surface area contributed by atoms with Crippen molar-refractivity contribution in [2.45, 2.75) is 18.9 Å². The number of benzene rings is 1. The molecule has 1 fully saturated rings. The largest absolute Gasteiger partial charge is 0.383 e. The van der Waals surface area contributed by atoms with E-state index in [2.05, 4.69) is 31.0 Å². The van der Waals surface area contributed by atoms with Gasteiger partial charge in [0.15, 0.2) is 0 Å². The molecule has 0 aliphatic carbocycles. The predicted octanol–water partition coefficient (Wildman–Crippen LogP) is 2.28. The number of carbonyl (C=O) groups is 1. The van der Waals surface area contributed by atoms with Crippen molar-refractivity contribution in [2.24, 2.45) is 0 Å². The lowest BCUT2D eigenvalue weighted by atomic mass is 10.0. The lowest BCUT2D eigenvalue weighted by Crippen LogP contribution is -2.42. The molecule has 1 aliphatic rings. The van der Waals surface area contributed by atoms with Crippen LogP contribution in [0.1, 0.15) is 24.4 Å². The van der Waals surface area contributed by atoms with E-state index >= 15 is 0 Å². The Kier molecular flexibility index (Phi) is 8.18. The molecule has 0 aromatic heterocycles. The molecule has 1 aliphatic heterocycles. The zero-order valence-electron chi connectivity index (χ0n) is 14.6. The van der Waals surface area contributed by atoms with Gasteiger partial charge in [-0.3, -0.25) is 9.69 Å². The van der Waals surface area contributed by atoms with Crippen molar-refractivity contribution in [3.63, 3.8) is 0 Å². The van der Waals surface area contributed by atoms with Gasteiger partial charge in [-0.05, 0) is 50.7 Å². The van der Waals surface area contributed by atoms with E-state index < -0.39 is 0 Å². The van der Waals surface area contributed by atoms with Gasteiger partial charge in [0.2, 0.25) is 5.91 Å². The summed E-state index contributed by atoms with van der Waals surface area (Å²) in [5.74, 6) is 0.0927. The van der Waals surface area contributed by atoms with E-state index in [-0.39, 0.29) is 11.9 Å². The molecule has 0 radical (unpaired) electrons. The van der Waals surface area contributed by atoms with Crippen molar-refractivity contribution >= 4 is 21.8 Å². The van der Waals surface area contributed by atoms with E-state index in [0.29, 0.717) is 13.2 Å². The summed E-state index contributed by atoms with van der Waals surface area (Å²) < 4.78 is 6.09. The number of amides is 1. The Bertz CT molecular complexity index is 521. The summed E-state index contributed by atoms with van der Waals surface area (Å²) in [7, 11) is 3.74. The van der Waals surface area contributed by atoms with E-state index in [1.807, 2.05) is 31.3 Å². The van der Waals surface area contributed by atoms with Crippen LogP contribution in [0.25, 0.3) is 0 Å². The fourth-order valence-corrected chi connectivity index (χ4v) is 3.45. The van der Waals surface area contributed by atoms with Gasteiger partial charge in [0.25, 0.3) is 0 Å². The smallest absolute Gasteiger partial charge is 0.242 e. The Balaban J connectivity index is 1.95.